The smallest absolute Gasteiger partial charge is 0.323 e. The van der Waals surface area contributed by atoms with Crippen LogP contribution in [0.2, 0.25) is 0 Å². The van der Waals surface area contributed by atoms with Gasteiger partial charge in [-0.3, -0.25) is 4.79 Å². The molecule has 2 heterocycles. The van der Waals surface area contributed by atoms with E-state index in [-0.39, 0.29) is 12.0 Å². The first-order valence-corrected chi connectivity index (χ1v) is 6.24. The molecule has 1 aromatic heterocycles. The number of carbonyl (C=O) groups is 1. The Kier molecular flexibility index (Phi) is 3.93. The fourth-order valence-electron chi connectivity index (χ4n) is 1.70. The largest absolute Gasteiger partial charge is 0.464 e. The third-order valence-electron chi connectivity index (χ3n) is 2.57. The molecule has 0 saturated carbocycles. The van der Waals surface area contributed by atoms with Crippen molar-refractivity contribution in [1.29, 1.82) is 0 Å². The maximum atomic E-state index is 11.5. The van der Waals surface area contributed by atoms with Gasteiger partial charge in [-0.05, 0) is 11.4 Å². The summed E-state index contributed by atoms with van der Waals surface area (Å²) in [4.78, 5) is 12.7. The van der Waals surface area contributed by atoms with Crippen LogP contribution in [0, 0.1) is 0 Å². The molecule has 2 rings (SSSR count). The Morgan fingerprint density at radius 2 is 2.56 bits per heavy atom. The summed E-state index contributed by atoms with van der Waals surface area (Å²) < 4.78 is 5.14. The summed E-state index contributed by atoms with van der Waals surface area (Å²) >= 11 is 1.66. The third-order valence-corrected chi connectivity index (χ3v) is 3.50. The topological polar surface area (TPSA) is 58.6 Å². The summed E-state index contributed by atoms with van der Waals surface area (Å²) in [5, 5.41) is 14.2. The molecule has 0 aliphatic carbocycles. The second-order valence-corrected chi connectivity index (χ2v) is 4.88. The molecule has 1 aromatic rings. The molecular weight excluding hydrogens is 226 g/mol. The molecule has 0 aromatic carbocycles. The normalized spacial score (nSPS) is 24.6. The summed E-state index contributed by atoms with van der Waals surface area (Å²) in [6.07, 6.45) is 0.797. The lowest BCUT2D eigenvalue weighted by atomic mass is 10.2. The van der Waals surface area contributed by atoms with Crippen LogP contribution in [0.15, 0.2) is 17.5 Å². The Bertz CT molecular complexity index is 339. The van der Waals surface area contributed by atoms with Crippen LogP contribution in [0.4, 0.5) is 0 Å². The lowest BCUT2D eigenvalue weighted by molar-refractivity contribution is -0.145. The van der Waals surface area contributed by atoms with Gasteiger partial charge in [0.25, 0.3) is 0 Å². The zero-order chi connectivity index (χ0) is 11.4. The molecule has 88 valence electrons. The van der Waals surface area contributed by atoms with E-state index < -0.39 is 6.10 Å². The predicted molar refractivity (Wildman–Crippen MR) is 61.4 cm³/mol. The molecule has 5 heteroatoms. The average Bonchev–Trinajstić information content (AvgIpc) is 2.89. The highest BCUT2D eigenvalue weighted by molar-refractivity contribution is 7.09. The minimum absolute atomic E-state index is 0.256. The highest BCUT2D eigenvalue weighted by Crippen LogP contribution is 2.11. The minimum Gasteiger partial charge on any atom is -0.464 e. The van der Waals surface area contributed by atoms with Gasteiger partial charge in [-0.25, -0.2) is 0 Å². The van der Waals surface area contributed by atoms with Gasteiger partial charge in [0.15, 0.2) is 0 Å². The van der Waals surface area contributed by atoms with Crippen molar-refractivity contribution < 1.29 is 14.6 Å². The molecule has 2 N–H and O–H groups in total. The predicted octanol–water partition coefficient (Wildman–Crippen LogP) is 0.557. The molecule has 4 nitrogen and oxygen atoms in total. The average molecular weight is 241 g/mol. The fraction of sp³-hybridized carbons (Fsp3) is 0.545. The molecule has 1 aliphatic heterocycles. The van der Waals surface area contributed by atoms with E-state index in [4.69, 9.17) is 4.74 Å². The van der Waals surface area contributed by atoms with Crippen molar-refractivity contribution in [2.45, 2.75) is 25.0 Å². The van der Waals surface area contributed by atoms with Gasteiger partial charge in [0.05, 0.1) is 12.7 Å². The molecule has 0 bridgehead atoms. The first-order chi connectivity index (χ1) is 7.75. The van der Waals surface area contributed by atoms with E-state index in [0.717, 1.165) is 6.42 Å². The third kappa shape index (κ3) is 3.04. The van der Waals surface area contributed by atoms with Gasteiger partial charge in [0, 0.05) is 24.3 Å². The number of rotatable bonds is 4. The Balaban J connectivity index is 1.68. The van der Waals surface area contributed by atoms with Crippen molar-refractivity contribution in [2.24, 2.45) is 0 Å². The van der Waals surface area contributed by atoms with E-state index in [9.17, 15) is 9.90 Å². The number of hydrogen-bond donors (Lipinski definition) is 2. The van der Waals surface area contributed by atoms with Crippen molar-refractivity contribution in [2.75, 3.05) is 13.2 Å². The summed E-state index contributed by atoms with van der Waals surface area (Å²) in [7, 11) is 0. The summed E-state index contributed by atoms with van der Waals surface area (Å²) in [5.41, 5.74) is 0. The number of β-amino-alcohol motifs (C(OH)–C–C–N with tert-alkyl or cyclic N) is 1. The summed E-state index contributed by atoms with van der Waals surface area (Å²) in [6, 6.07) is 3.67. The highest BCUT2D eigenvalue weighted by atomic mass is 32.1. The molecule has 0 radical (unpaired) electrons. The van der Waals surface area contributed by atoms with Crippen LogP contribution in [0.3, 0.4) is 0 Å². The van der Waals surface area contributed by atoms with E-state index in [1.807, 2.05) is 17.5 Å². The highest BCUT2D eigenvalue weighted by Gasteiger charge is 2.28. The molecule has 0 amide bonds. The van der Waals surface area contributed by atoms with Crippen LogP contribution in [0.1, 0.15) is 11.3 Å². The fourth-order valence-corrected chi connectivity index (χ4v) is 2.39. The Hall–Kier alpha value is -0.910. The Morgan fingerprint density at radius 1 is 1.69 bits per heavy atom. The van der Waals surface area contributed by atoms with Gasteiger partial charge < -0.3 is 15.2 Å². The van der Waals surface area contributed by atoms with Crippen molar-refractivity contribution >= 4 is 17.3 Å². The number of ether oxygens (including phenoxy) is 1. The van der Waals surface area contributed by atoms with Gasteiger partial charge in [0.1, 0.15) is 6.04 Å². The molecule has 2 atom stereocenters. The maximum Gasteiger partial charge on any atom is 0.323 e. The van der Waals surface area contributed by atoms with E-state index in [2.05, 4.69) is 5.32 Å². The number of aliphatic hydroxyl groups is 1. The van der Waals surface area contributed by atoms with E-state index in [0.29, 0.717) is 19.6 Å². The minimum atomic E-state index is -0.421. The van der Waals surface area contributed by atoms with Crippen molar-refractivity contribution in [3.05, 3.63) is 22.4 Å². The van der Waals surface area contributed by atoms with E-state index >= 15 is 0 Å². The Morgan fingerprint density at radius 3 is 3.19 bits per heavy atom. The summed E-state index contributed by atoms with van der Waals surface area (Å²) in [6.45, 7) is 0.887. The monoisotopic (exact) mass is 241 g/mol. The van der Waals surface area contributed by atoms with Crippen LogP contribution in [-0.4, -0.2) is 36.4 Å². The second-order valence-electron chi connectivity index (χ2n) is 3.85. The van der Waals surface area contributed by atoms with Crippen LogP contribution >= 0.6 is 11.3 Å². The number of thiophene rings is 1. The van der Waals surface area contributed by atoms with Crippen molar-refractivity contribution in [3.63, 3.8) is 0 Å². The molecule has 1 saturated heterocycles. The zero-order valence-electron chi connectivity index (χ0n) is 8.89. The summed E-state index contributed by atoms with van der Waals surface area (Å²) in [5.74, 6) is -0.256. The standard InChI is InChI=1S/C11H15NO3S/c13-8-6-10(12-7-8)11(14)15-4-3-9-2-1-5-16-9/h1-2,5,8,10,12-13H,3-4,6-7H2. The van der Waals surface area contributed by atoms with Crippen molar-refractivity contribution in [3.8, 4) is 0 Å². The van der Waals surface area contributed by atoms with Gasteiger partial charge >= 0.3 is 5.97 Å². The molecule has 1 fully saturated rings. The SMILES string of the molecule is O=C(OCCc1cccs1)C1CC(O)CN1. The van der Waals surface area contributed by atoms with Gasteiger partial charge in [0.2, 0.25) is 0 Å². The Labute approximate surface area is 98.2 Å². The van der Waals surface area contributed by atoms with Crippen LogP contribution < -0.4 is 5.32 Å². The molecule has 1 aliphatic rings. The van der Waals surface area contributed by atoms with Crippen LogP contribution in [0.25, 0.3) is 0 Å². The lowest BCUT2D eigenvalue weighted by Gasteiger charge is -2.09. The zero-order valence-corrected chi connectivity index (χ0v) is 9.70. The first-order valence-electron chi connectivity index (χ1n) is 5.36. The number of nitrogens with one attached hydrogen (secondary N) is 1. The van der Waals surface area contributed by atoms with Crippen LogP contribution in [0.5, 0.6) is 0 Å². The van der Waals surface area contributed by atoms with Gasteiger partial charge in [-0.1, -0.05) is 6.07 Å². The van der Waals surface area contributed by atoms with Crippen LogP contribution in [-0.2, 0) is 16.0 Å². The molecule has 2 unspecified atom stereocenters. The maximum absolute atomic E-state index is 11.5. The number of carbonyl (C=O) groups excluding carboxylic acids is 1. The molecule has 0 spiro atoms. The number of aliphatic hydroxyl groups excluding tert-OH is 1. The number of esters is 1. The van der Waals surface area contributed by atoms with E-state index in [1.54, 1.807) is 11.3 Å². The lowest BCUT2D eigenvalue weighted by Crippen LogP contribution is -2.32. The molecule has 16 heavy (non-hydrogen) atoms. The second kappa shape index (κ2) is 5.43. The van der Waals surface area contributed by atoms with Gasteiger partial charge in [-0.2, -0.15) is 0 Å². The number of hydrogen-bond acceptors (Lipinski definition) is 5. The van der Waals surface area contributed by atoms with E-state index in [1.165, 1.54) is 4.88 Å². The first kappa shape index (κ1) is 11.6. The van der Waals surface area contributed by atoms with Gasteiger partial charge in [-0.15, -0.1) is 11.3 Å². The molecular formula is C11H15NO3S. The van der Waals surface area contributed by atoms with Crippen molar-refractivity contribution in [1.82, 2.24) is 5.32 Å². The quantitative estimate of drug-likeness (QED) is 0.756.